The van der Waals surface area contributed by atoms with E-state index in [0.29, 0.717) is 17.3 Å². The van der Waals surface area contributed by atoms with Crippen molar-refractivity contribution in [3.05, 3.63) is 29.6 Å². The van der Waals surface area contributed by atoms with Crippen LogP contribution in [-0.2, 0) is 6.54 Å². The Morgan fingerprint density at radius 3 is 3.00 bits per heavy atom. The van der Waals surface area contributed by atoms with E-state index in [9.17, 15) is 4.39 Å². The minimum atomic E-state index is -0.318. The van der Waals surface area contributed by atoms with Crippen molar-refractivity contribution in [1.29, 1.82) is 0 Å². The molecule has 1 aromatic carbocycles. The highest BCUT2D eigenvalue weighted by atomic mass is 19.1. The average molecular weight is 237 g/mol. The number of hydrogen-bond acceptors (Lipinski definition) is 5. The van der Waals surface area contributed by atoms with Gasteiger partial charge < -0.3 is 15.8 Å². The third-order valence-corrected chi connectivity index (χ3v) is 2.19. The van der Waals surface area contributed by atoms with Crippen molar-refractivity contribution in [3.8, 4) is 5.75 Å². The summed E-state index contributed by atoms with van der Waals surface area (Å²) in [6.45, 7) is 0.250. The summed E-state index contributed by atoms with van der Waals surface area (Å²) in [6, 6.07) is 4.52. The summed E-state index contributed by atoms with van der Waals surface area (Å²) < 4.78 is 18.5. The van der Waals surface area contributed by atoms with Gasteiger partial charge >= 0.3 is 0 Å². The zero-order valence-electron chi connectivity index (χ0n) is 9.20. The van der Waals surface area contributed by atoms with E-state index in [4.69, 9.17) is 10.5 Å². The van der Waals surface area contributed by atoms with Crippen molar-refractivity contribution in [2.75, 3.05) is 18.2 Å². The van der Waals surface area contributed by atoms with Crippen LogP contribution >= 0.6 is 0 Å². The first kappa shape index (κ1) is 11.2. The second-order valence-corrected chi connectivity index (χ2v) is 3.36. The minimum Gasteiger partial charge on any atom is -0.497 e. The third-order valence-electron chi connectivity index (χ3n) is 2.19. The van der Waals surface area contributed by atoms with Gasteiger partial charge in [-0.05, 0) is 18.2 Å². The number of methoxy groups -OCH3 is 1. The first-order valence-electron chi connectivity index (χ1n) is 4.93. The number of aromatic nitrogens is 3. The molecular formula is C10H12FN5O. The molecule has 0 atom stereocenters. The fourth-order valence-electron chi connectivity index (χ4n) is 1.34. The van der Waals surface area contributed by atoms with E-state index in [0.717, 1.165) is 0 Å². The number of hydrogen-bond donors (Lipinski definition) is 3. The molecule has 17 heavy (non-hydrogen) atoms. The highest BCUT2D eigenvalue weighted by molar-refractivity contribution is 5.35. The Hall–Kier alpha value is -2.31. The molecule has 0 bridgehead atoms. The van der Waals surface area contributed by atoms with Crippen molar-refractivity contribution < 1.29 is 9.13 Å². The van der Waals surface area contributed by atoms with Gasteiger partial charge in [-0.1, -0.05) is 0 Å². The number of nitrogens with two attached hydrogens (primary N) is 1. The number of halogens is 1. The SMILES string of the molecule is COc1ccc(F)c(CNc2n[nH]c(N)n2)c1. The molecule has 4 N–H and O–H groups in total. The maximum atomic E-state index is 13.4. The third kappa shape index (κ3) is 2.63. The normalized spacial score (nSPS) is 10.2. The van der Waals surface area contributed by atoms with Crippen molar-refractivity contribution in [2.24, 2.45) is 0 Å². The molecule has 0 aliphatic carbocycles. The smallest absolute Gasteiger partial charge is 0.243 e. The first-order chi connectivity index (χ1) is 8.19. The molecule has 0 saturated heterocycles. The van der Waals surface area contributed by atoms with Crippen molar-refractivity contribution in [3.63, 3.8) is 0 Å². The van der Waals surface area contributed by atoms with Gasteiger partial charge in [0.2, 0.25) is 11.9 Å². The molecule has 0 fully saturated rings. The standard InChI is InChI=1S/C10H12FN5O/c1-17-7-2-3-8(11)6(4-7)5-13-10-14-9(12)15-16-10/h2-4H,5H2,1H3,(H4,12,13,14,15,16). The number of nitrogens with one attached hydrogen (secondary N) is 2. The van der Waals surface area contributed by atoms with Gasteiger partial charge in [0.1, 0.15) is 11.6 Å². The molecule has 1 heterocycles. The zero-order valence-corrected chi connectivity index (χ0v) is 9.20. The Bertz CT molecular complexity index is 513. The van der Waals surface area contributed by atoms with Gasteiger partial charge in [0.25, 0.3) is 0 Å². The van der Waals surface area contributed by atoms with Crippen LogP contribution in [0.3, 0.4) is 0 Å². The molecule has 2 aromatic rings. The first-order valence-corrected chi connectivity index (χ1v) is 4.93. The zero-order chi connectivity index (χ0) is 12.3. The molecule has 0 radical (unpaired) electrons. The van der Waals surface area contributed by atoms with Crippen LogP contribution in [0.4, 0.5) is 16.3 Å². The summed E-state index contributed by atoms with van der Waals surface area (Å²) in [5.41, 5.74) is 5.83. The molecule has 2 rings (SSSR count). The Balaban J connectivity index is 2.07. The van der Waals surface area contributed by atoms with E-state index in [1.165, 1.54) is 13.2 Å². The molecule has 1 aromatic heterocycles. The topological polar surface area (TPSA) is 88.8 Å². The fourth-order valence-corrected chi connectivity index (χ4v) is 1.34. The molecule has 0 unspecified atom stereocenters. The van der Waals surface area contributed by atoms with Crippen LogP contribution in [0.1, 0.15) is 5.56 Å². The lowest BCUT2D eigenvalue weighted by Gasteiger charge is -2.06. The number of anilines is 2. The molecule has 0 saturated carbocycles. The average Bonchev–Trinajstić information content (AvgIpc) is 2.74. The van der Waals surface area contributed by atoms with Gasteiger partial charge in [-0.15, -0.1) is 5.10 Å². The summed E-state index contributed by atoms with van der Waals surface area (Å²) in [7, 11) is 1.53. The van der Waals surface area contributed by atoms with Gasteiger partial charge in [0.05, 0.1) is 7.11 Å². The van der Waals surface area contributed by atoms with E-state index >= 15 is 0 Å². The van der Waals surface area contributed by atoms with Crippen LogP contribution in [0.2, 0.25) is 0 Å². The number of ether oxygens (including phenoxy) is 1. The summed E-state index contributed by atoms with van der Waals surface area (Å²) in [4.78, 5) is 3.84. The summed E-state index contributed by atoms with van der Waals surface area (Å²) >= 11 is 0. The second kappa shape index (κ2) is 4.69. The number of nitrogen functional groups attached to an aromatic ring is 1. The van der Waals surface area contributed by atoms with Crippen molar-refractivity contribution >= 4 is 11.9 Å². The van der Waals surface area contributed by atoms with E-state index in [-0.39, 0.29) is 18.3 Å². The highest BCUT2D eigenvalue weighted by Crippen LogP contribution is 2.17. The summed E-state index contributed by atoms with van der Waals surface area (Å²) in [6.07, 6.45) is 0. The van der Waals surface area contributed by atoms with E-state index in [2.05, 4.69) is 20.5 Å². The number of rotatable bonds is 4. The predicted molar refractivity (Wildman–Crippen MR) is 61.1 cm³/mol. The van der Waals surface area contributed by atoms with Crippen LogP contribution in [0.25, 0.3) is 0 Å². The largest absolute Gasteiger partial charge is 0.497 e. The van der Waals surface area contributed by atoms with Crippen LogP contribution in [0.5, 0.6) is 5.75 Å². The number of H-pyrrole nitrogens is 1. The number of aromatic amines is 1. The van der Waals surface area contributed by atoms with Gasteiger partial charge in [0.15, 0.2) is 0 Å². The summed E-state index contributed by atoms with van der Waals surface area (Å²) in [5, 5.41) is 9.10. The lowest BCUT2D eigenvalue weighted by Crippen LogP contribution is -2.03. The predicted octanol–water partition coefficient (Wildman–Crippen LogP) is 1.15. The molecular weight excluding hydrogens is 225 g/mol. The lowest BCUT2D eigenvalue weighted by molar-refractivity contribution is 0.413. The van der Waals surface area contributed by atoms with Crippen LogP contribution in [0.15, 0.2) is 18.2 Å². The second-order valence-electron chi connectivity index (χ2n) is 3.36. The fraction of sp³-hybridized carbons (Fsp3) is 0.200. The maximum absolute atomic E-state index is 13.4. The Kier molecular flexibility index (Phi) is 3.08. The van der Waals surface area contributed by atoms with E-state index in [1.54, 1.807) is 12.1 Å². The number of nitrogens with zero attached hydrogens (tertiary/aromatic N) is 2. The van der Waals surface area contributed by atoms with Crippen molar-refractivity contribution in [1.82, 2.24) is 15.2 Å². The Morgan fingerprint density at radius 2 is 2.35 bits per heavy atom. The van der Waals surface area contributed by atoms with E-state index in [1.807, 2.05) is 0 Å². The van der Waals surface area contributed by atoms with Gasteiger partial charge in [0, 0.05) is 12.1 Å². The van der Waals surface area contributed by atoms with Gasteiger partial charge in [-0.25, -0.2) is 9.49 Å². The molecule has 7 heteroatoms. The quantitative estimate of drug-likeness (QED) is 0.742. The molecule has 6 nitrogen and oxygen atoms in total. The molecule has 0 amide bonds. The number of benzene rings is 1. The van der Waals surface area contributed by atoms with Crippen molar-refractivity contribution in [2.45, 2.75) is 6.54 Å². The van der Waals surface area contributed by atoms with Crippen LogP contribution in [-0.4, -0.2) is 22.3 Å². The highest BCUT2D eigenvalue weighted by Gasteiger charge is 2.05. The molecule has 0 aliphatic rings. The molecule has 0 spiro atoms. The molecule has 0 aliphatic heterocycles. The lowest BCUT2D eigenvalue weighted by atomic mass is 10.2. The Morgan fingerprint density at radius 1 is 1.53 bits per heavy atom. The van der Waals surface area contributed by atoms with Gasteiger partial charge in [-0.3, -0.25) is 0 Å². The minimum absolute atomic E-state index is 0.207. The summed E-state index contributed by atoms with van der Waals surface area (Å²) in [5.74, 6) is 0.808. The molecule has 90 valence electrons. The van der Waals surface area contributed by atoms with Crippen LogP contribution < -0.4 is 15.8 Å². The van der Waals surface area contributed by atoms with Crippen LogP contribution in [0, 0.1) is 5.82 Å². The van der Waals surface area contributed by atoms with E-state index < -0.39 is 0 Å². The maximum Gasteiger partial charge on any atom is 0.243 e. The Labute approximate surface area is 97.0 Å². The monoisotopic (exact) mass is 237 g/mol. The van der Waals surface area contributed by atoms with Gasteiger partial charge in [-0.2, -0.15) is 4.98 Å².